The Balaban J connectivity index is 3.12. The zero-order chi connectivity index (χ0) is 12.3. The first kappa shape index (κ1) is 13.0. The largest absolute Gasteiger partial charge is 0.508 e. The third kappa shape index (κ3) is 2.54. The fourth-order valence-electron chi connectivity index (χ4n) is 1.30. The monoisotopic (exact) mass is 243 g/mol. The summed E-state index contributed by atoms with van der Waals surface area (Å²) < 4.78 is 25.5. The highest BCUT2D eigenvalue weighted by molar-refractivity contribution is 7.89. The number of phenols is 1. The second kappa shape index (κ2) is 4.84. The molecule has 1 N–H and O–H groups in total. The van der Waals surface area contributed by atoms with Crippen molar-refractivity contribution in [2.75, 3.05) is 7.05 Å². The molecule has 0 aromatic heterocycles. The van der Waals surface area contributed by atoms with E-state index in [0.717, 1.165) is 6.42 Å². The summed E-state index contributed by atoms with van der Waals surface area (Å²) in [5, 5.41) is 9.27. The number of hydrogen-bond acceptors (Lipinski definition) is 3. The molecular formula is C11H17NO3S. The smallest absolute Gasteiger partial charge is 0.243 e. The summed E-state index contributed by atoms with van der Waals surface area (Å²) in [5.74, 6) is -0.0429. The fourth-order valence-corrected chi connectivity index (χ4v) is 2.78. The minimum Gasteiger partial charge on any atom is -0.508 e. The average molecular weight is 243 g/mol. The van der Waals surface area contributed by atoms with Crippen molar-refractivity contribution in [1.29, 1.82) is 0 Å². The number of hydrogen-bond donors (Lipinski definition) is 1. The molecule has 0 radical (unpaired) electrons. The fraction of sp³-hybridized carbons (Fsp3) is 0.455. The maximum Gasteiger partial charge on any atom is 0.243 e. The van der Waals surface area contributed by atoms with E-state index in [1.807, 2.05) is 13.8 Å². The predicted molar refractivity (Wildman–Crippen MR) is 62.8 cm³/mol. The molecule has 0 fully saturated rings. The molecule has 0 saturated heterocycles. The first-order valence-corrected chi connectivity index (χ1v) is 6.60. The van der Waals surface area contributed by atoms with E-state index in [0.29, 0.717) is 0 Å². The highest BCUT2D eigenvalue weighted by Crippen LogP contribution is 2.21. The molecule has 5 heteroatoms. The molecule has 0 bridgehead atoms. The van der Waals surface area contributed by atoms with Gasteiger partial charge >= 0.3 is 0 Å². The second-order valence-corrected chi connectivity index (χ2v) is 5.77. The van der Waals surface area contributed by atoms with E-state index in [1.54, 1.807) is 7.05 Å². The Bertz CT molecular complexity index is 456. The van der Waals surface area contributed by atoms with Gasteiger partial charge in [0, 0.05) is 13.1 Å². The van der Waals surface area contributed by atoms with Crippen LogP contribution in [0.3, 0.4) is 0 Å². The van der Waals surface area contributed by atoms with Gasteiger partial charge in [-0.15, -0.1) is 0 Å². The van der Waals surface area contributed by atoms with Gasteiger partial charge in [0.05, 0.1) is 4.90 Å². The standard InChI is InChI=1S/C11H17NO3S/c1-4-9(2)12(3)16(14,15)11-7-5-6-10(13)8-11/h5-9,13H,4H2,1-3H3. The van der Waals surface area contributed by atoms with Gasteiger partial charge in [-0.3, -0.25) is 0 Å². The number of phenolic OH excluding ortho intramolecular Hbond substituents is 1. The lowest BCUT2D eigenvalue weighted by molar-refractivity contribution is 0.380. The van der Waals surface area contributed by atoms with Crippen LogP contribution in [0.1, 0.15) is 20.3 Å². The van der Waals surface area contributed by atoms with Crippen LogP contribution in [0.2, 0.25) is 0 Å². The molecule has 1 aromatic carbocycles. The summed E-state index contributed by atoms with van der Waals surface area (Å²) in [7, 11) is -1.95. The van der Waals surface area contributed by atoms with Crippen molar-refractivity contribution in [3.63, 3.8) is 0 Å². The van der Waals surface area contributed by atoms with E-state index < -0.39 is 10.0 Å². The molecule has 0 amide bonds. The van der Waals surface area contributed by atoms with Gasteiger partial charge in [-0.2, -0.15) is 4.31 Å². The Morgan fingerprint density at radius 2 is 2.06 bits per heavy atom. The minimum absolute atomic E-state index is 0.0429. The van der Waals surface area contributed by atoms with Crippen molar-refractivity contribution in [3.05, 3.63) is 24.3 Å². The predicted octanol–water partition coefficient (Wildman–Crippen LogP) is 1.81. The Labute approximate surface area is 96.6 Å². The van der Waals surface area contributed by atoms with E-state index in [9.17, 15) is 13.5 Å². The molecule has 0 aliphatic heterocycles. The van der Waals surface area contributed by atoms with Gasteiger partial charge in [-0.05, 0) is 31.5 Å². The summed E-state index contributed by atoms with van der Waals surface area (Å²) in [6, 6.07) is 5.64. The molecule has 90 valence electrons. The van der Waals surface area contributed by atoms with Gasteiger partial charge in [0.1, 0.15) is 5.75 Å². The first-order valence-electron chi connectivity index (χ1n) is 5.16. The first-order chi connectivity index (χ1) is 7.39. The van der Waals surface area contributed by atoms with Crippen molar-refractivity contribution >= 4 is 10.0 Å². The molecular weight excluding hydrogens is 226 g/mol. The second-order valence-electron chi connectivity index (χ2n) is 3.78. The molecule has 16 heavy (non-hydrogen) atoms. The number of aromatic hydroxyl groups is 1. The van der Waals surface area contributed by atoms with Crippen molar-refractivity contribution in [2.24, 2.45) is 0 Å². The molecule has 0 heterocycles. The third-order valence-corrected chi connectivity index (χ3v) is 4.67. The van der Waals surface area contributed by atoms with Crippen LogP contribution >= 0.6 is 0 Å². The Hall–Kier alpha value is -1.07. The number of nitrogens with zero attached hydrogens (tertiary/aromatic N) is 1. The zero-order valence-electron chi connectivity index (χ0n) is 9.71. The van der Waals surface area contributed by atoms with Crippen LogP contribution in [-0.4, -0.2) is 30.9 Å². The normalized spacial score (nSPS) is 14.0. The van der Waals surface area contributed by atoms with Crippen LogP contribution in [0.5, 0.6) is 5.75 Å². The average Bonchev–Trinajstić information content (AvgIpc) is 2.27. The van der Waals surface area contributed by atoms with Gasteiger partial charge in [0.25, 0.3) is 0 Å². The lowest BCUT2D eigenvalue weighted by Crippen LogP contribution is -2.34. The summed E-state index contributed by atoms with van der Waals surface area (Å²) in [4.78, 5) is 0.121. The summed E-state index contributed by atoms with van der Waals surface area (Å²) in [6.07, 6.45) is 0.745. The molecule has 0 saturated carbocycles. The van der Waals surface area contributed by atoms with Crippen molar-refractivity contribution in [1.82, 2.24) is 4.31 Å². The van der Waals surface area contributed by atoms with Crippen molar-refractivity contribution in [2.45, 2.75) is 31.2 Å². The van der Waals surface area contributed by atoms with E-state index in [4.69, 9.17) is 0 Å². The van der Waals surface area contributed by atoms with Gasteiger partial charge in [-0.1, -0.05) is 13.0 Å². The summed E-state index contributed by atoms with van der Waals surface area (Å²) in [6.45, 7) is 3.78. The Morgan fingerprint density at radius 3 is 2.56 bits per heavy atom. The lowest BCUT2D eigenvalue weighted by Gasteiger charge is -2.23. The van der Waals surface area contributed by atoms with E-state index >= 15 is 0 Å². The van der Waals surface area contributed by atoms with Crippen LogP contribution in [0, 0.1) is 0 Å². The van der Waals surface area contributed by atoms with Crippen LogP contribution in [-0.2, 0) is 10.0 Å². The van der Waals surface area contributed by atoms with Gasteiger partial charge in [0.15, 0.2) is 0 Å². The van der Waals surface area contributed by atoms with Crippen LogP contribution < -0.4 is 0 Å². The van der Waals surface area contributed by atoms with Crippen molar-refractivity contribution in [3.8, 4) is 5.75 Å². The molecule has 1 rings (SSSR count). The van der Waals surface area contributed by atoms with Crippen LogP contribution in [0.4, 0.5) is 0 Å². The quantitative estimate of drug-likeness (QED) is 0.877. The molecule has 1 atom stereocenters. The maximum absolute atomic E-state index is 12.1. The Kier molecular flexibility index (Phi) is 3.93. The molecule has 0 aliphatic rings. The minimum atomic E-state index is -3.50. The van der Waals surface area contributed by atoms with Gasteiger partial charge in [0.2, 0.25) is 10.0 Å². The van der Waals surface area contributed by atoms with Gasteiger partial charge < -0.3 is 5.11 Å². The Morgan fingerprint density at radius 1 is 1.44 bits per heavy atom. The molecule has 1 aromatic rings. The summed E-state index contributed by atoms with van der Waals surface area (Å²) in [5.41, 5.74) is 0. The molecule has 1 unspecified atom stereocenters. The van der Waals surface area contributed by atoms with E-state index in [-0.39, 0.29) is 16.7 Å². The van der Waals surface area contributed by atoms with Crippen molar-refractivity contribution < 1.29 is 13.5 Å². The van der Waals surface area contributed by atoms with Crippen LogP contribution in [0.15, 0.2) is 29.2 Å². The third-order valence-electron chi connectivity index (χ3n) is 2.71. The molecule has 4 nitrogen and oxygen atoms in total. The number of rotatable bonds is 4. The zero-order valence-corrected chi connectivity index (χ0v) is 10.5. The number of sulfonamides is 1. The maximum atomic E-state index is 12.1. The highest BCUT2D eigenvalue weighted by Gasteiger charge is 2.24. The highest BCUT2D eigenvalue weighted by atomic mass is 32.2. The SMILES string of the molecule is CCC(C)N(C)S(=O)(=O)c1cccc(O)c1. The lowest BCUT2D eigenvalue weighted by atomic mass is 10.3. The molecule has 0 spiro atoms. The van der Waals surface area contributed by atoms with E-state index in [2.05, 4.69) is 0 Å². The van der Waals surface area contributed by atoms with Gasteiger partial charge in [-0.25, -0.2) is 8.42 Å². The summed E-state index contributed by atoms with van der Waals surface area (Å²) >= 11 is 0. The number of benzene rings is 1. The van der Waals surface area contributed by atoms with E-state index in [1.165, 1.54) is 28.6 Å². The van der Waals surface area contributed by atoms with Crippen LogP contribution in [0.25, 0.3) is 0 Å². The molecule has 0 aliphatic carbocycles. The topological polar surface area (TPSA) is 57.6 Å².